The monoisotopic (exact) mass is 302 g/mol. The molecule has 19 heavy (non-hydrogen) atoms. The minimum atomic E-state index is -3.93. The van der Waals surface area contributed by atoms with Crippen LogP contribution in [0.4, 0.5) is 0 Å². The summed E-state index contributed by atoms with van der Waals surface area (Å²) in [7, 11) is -2.52. The third-order valence-electron chi connectivity index (χ3n) is 2.27. The molecular formula is C10H14N4O3S2. The lowest BCUT2D eigenvalue weighted by atomic mass is 10.3. The number of carbonyl (C=O) groups is 1. The molecule has 0 aliphatic heterocycles. The van der Waals surface area contributed by atoms with Gasteiger partial charge in [-0.25, -0.2) is 8.42 Å². The van der Waals surface area contributed by atoms with Gasteiger partial charge in [-0.1, -0.05) is 12.2 Å². The Morgan fingerprint density at radius 3 is 2.68 bits per heavy atom. The molecule has 0 saturated heterocycles. The SMILES string of the molecule is CNC(=O)C(C)NS(=O)(=O)c1cccnc1C(N)=S. The number of nitrogens with zero attached hydrogens (tertiary/aromatic N) is 1. The van der Waals surface area contributed by atoms with Crippen LogP contribution in [0, 0.1) is 0 Å². The van der Waals surface area contributed by atoms with Gasteiger partial charge in [0.1, 0.15) is 15.6 Å². The van der Waals surface area contributed by atoms with Crippen LogP contribution in [0.2, 0.25) is 0 Å². The van der Waals surface area contributed by atoms with Gasteiger partial charge < -0.3 is 11.1 Å². The summed E-state index contributed by atoms with van der Waals surface area (Å²) in [5.41, 5.74) is 5.42. The van der Waals surface area contributed by atoms with Crippen LogP contribution in [0.3, 0.4) is 0 Å². The lowest BCUT2D eigenvalue weighted by Crippen LogP contribution is -2.43. The van der Waals surface area contributed by atoms with E-state index in [9.17, 15) is 13.2 Å². The lowest BCUT2D eigenvalue weighted by Gasteiger charge is -2.14. The maximum atomic E-state index is 12.1. The van der Waals surface area contributed by atoms with E-state index in [2.05, 4.69) is 15.0 Å². The van der Waals surface area contributed by atoms with Crippen molar-refractivity contribution in [3.63, 3.8) is 0 Å². The Hall–Kier alpha value is -1.58. The quantitative estimate of drug-likeness (QED) is 0.609. The Kier molecular flexibility index (Phi) is 4.92. The van der Waals surface area contributed by atoms with E-state index in [-0.39, 0.29) is 15.6 Å². The first kappa shape index (κ1) is 15.5. The van der Waals surface area contributed by atoms with Crippen LogP contribution in [0.15, 0.2) is 23.2 Å². The molecule has 0 bridgehead atoms. The molecule has 1 rings (SSSR count). The number of rotatable bonds is 5. The molecule has 1 heterocycles. The highest BCUT2D eigenvalue weighted by Crippen LogP contribution is 2.13. The highest BCUT2D eigenvalue weighted by molar-refractivity contribution is 7.89. The molecule has 9 heteroatoms. The first-order valence-electron chi connectivity index (χ1n) is 5.28. The number of amides is 1. The van der Waals surface area contributed by atoms with E-state index in [0.717, 1.165) is 0 Å². The molecular weight excluding hydrogens is 288 g/mol. The smallest absolute Gasteiger partial charge is 0.243 e. The van der Waals surface area contributed by atoms with Crippen LogP contribution in [-0.4, -0.2) is 37.4 Å². The molecule has 1 aromatic heterocycles. The van der Waals surface area contributed by atoms with Crippen molar-refractivity contribution < 1.29 is 13.2 Å². The number of nitrogens with two attached hydrogens (primary N) is 1. The molecule has 0 spiro atoms. The van der Waals surface area contributed by atoms with Gasteiger partial charge in [0.15, 0.2) is 0 Å². The predicted octanol–water partition coefficient (Wildman–Crippen LogP) is -0.871. The average molecular weight is 302 g/mol. The van der Waals surface area contributed by atoms with E-state index < -0.39 is 22.0 Å². The second-order valence-corrected chi connectivity index (χ2v) is 5.79. The standard InChI is InChI=1S/C10H14N4O3S2/c1-6(10(15)12-2)14-19(16,17)7-4-3-5-13-8(7)9(11)18/h3-6,14H,1-2H3,(H2,11,18)(H,12,15). The number of nitrogens with one attached hydrogen (secondary N) is 2. The number of sulfonamides is 1. The molecule has 0 fully saturated rings. The molecule has 0 radical (unpaired) electrons. The van der Waals surface area contributed by atoms with Gasteiger partial charge in [-0.3, -0.25) is 9.78 Å². The summed E-state index contributed by atoms with van der Waals surface area (Å²) in [4.78, 5) is 14.9. The van der Waals surface area contributed by atoms with Crippen molar-refractivity contribution in [2.45, 2.75) is 17.9 Å². The van der Waals surface area contributed by atoms with E-state index in [1.54, 1.807) is 0 Å². The molecule has 0 aliphatic carbocycles. The largest absolute Gasteiger partial charge is 0.388 e. The van der Waals surface area contributed by atoms with Crippen molar-refractivity contribution in [2.75, 3.05) is 7.05 Å². The Morgan fingerprint density at radius 2 is 2.16 bits per heavy atom. The van der Waals surface area contributed by atoms with Gasteiger partial charge in [-0.2, -0.15) is 4.72 Å². The Labute approximate surface area is 116 Å². The van der Waals surface area contributed by atoms with E-state index in [4.69, 9.17) is 18.0 Å². The predicted molar refractivity (Wildman–Crippen MR) is 74.0 cm³/mol. The molecule has 1 unspecified atom stereocenters. The van der Waals surface area contributed by atoms with Gasteiger partial charge in [-0.15, -0.1) is 0 Å². The van der Waals surface area contributed by atoms with Crippen molar-refractivity contribution in [1.29, 1.82) is 0 Å². The minimum Gasteiger partial charge on any atom is -0.388 e. The highest BCUT2D eigenvalue weighted by atomic mass is 32.2. The van der Waals surface area contributed by atoms with Crippen LogP contribution in [0.5, 0.6) is 0 Å². The second kappa shape index (κ2) is 6.04. The fraction of sp³-hybridized carbons (Fsp3) is 0.300. The molecule has 4 N–H and O–H groups in total. The van der Waals surface area contributed by atoms with E-state index in [1.807, 2.05) is 0 Å². The zero-order valence-corrected chi connectivity index (χ0v) is 12.0. The molecule has 0 aromatic carbocycles. The summed E-state index contributed by atoms with van der Waals surface area (Å²) in [6.45, 7) is 1.42. The van der Waals surface area contributed by atoms with Crippen LogP contribution < -0.4 is 15.8 Å². The summed E-state index contributed by atoms with van der Waals surface area (Å²) in [6.07, 6.45) is 1.38. The Bertz CT molecular complexity index is 601. The lowest BCUT2D eigenvalue weighted by molar-refractivity contribution is -0.121. The fourth-order valence-electron chi connectivity index (χ4n) is 1.36. The third-order valence-corrected chi connectivity index (χ3v) is 4.03. The second-order valence-electron chi connectivity index (χ2n) is 3.67. The molecule has 1 amide bonds. The van der Waals surface area contributed by atoms with Crippen LogP contribution in [-0.2, 0) is 14.8 Å². The Balaban J connectivity index is 3.15. The molecule has 1 atom stereocenters. The molecule has 1 aromatic rings. The van der Waals surface area contributed by atoms with Crippen molar-refractivity contribution in [3.05, 3.63) is 24.0 Å². The number of aromatic nitrogens is 1. The normalized spacial score (nSPS) is 12.7. The molecule has 7 nitrogen and oxygen atoms in total. The average Bonchev–Trinajstić information content (AvgIpc) is 2.37. The van der Waals surface area contributed by atoms with Crippen LogP contribution in [0.1, 0.15) is 12.6 Å². The number of likely N-dealkylation sites (N-methyl/N-ethyl adjacent to an activating group) is 1. The molecule has 0 saturated carbocycles. The Morgan fingerprint density at radius 1 is 1.53 bits per heavy atom. The number of hydrogen-bond acceptors (Lipinski definition) is 5. The highest BCUT2D eigenvalue weighted by Gasteiger charge is 2.25. The van der Waals surface area contributed by atoms with Crippen molar-refractivity contribution >= 4 is 33.1 Å². The van der Waals surface area contributed by atoms with Gasteiger partial charge in [0.2, 0.25) is 15.9 Å². The van der Waals surface area contributed by atoms with Crippen molar-refractivity contribution in [1.82, 2.24) is 15.0 Å². The summed E-state index contributed by atoms with van der Waals surface area (Å²) in [5, 5.41) is 2.34. The van der Waals surface area contributed by atoms with Gasteiger partial charge in [0, 0.05) is 13.2 Å². The summed E-state index contributed by atoms with van der Waals surface area (Å²) < 4.78 is 26.5. The number of carbonyl (C=O) groups excluding carboxylic acids is 1. The van der Waals surface area contributed by atoms with E-state index in [0.29, 0.717) is 0 Å². The first-order valence-corrected chi connectivity index (χ1v) is 7.17. The maximum Gasteiger partial charge on any atom is 0.243 e. The summed E-state index contributed by atoms with van der Waals surface area (Å²) >= 11 is 4.75. The topological polar surface area (TPSA) is 114 Å². The minimum absolute atomic E-state index is 0.00546. The number of pyridine rings is 1. The van der Waals surface area contributed by atoms with Gasteiger partial charge in [0.05, 0.1) is 6.04 Å². The van der Waals surface area contributed by atoms with Crippen molar-refractivity contribution in [2.24, 2.45) is 5.73 Å². The van der Waals surface area contributed by atoms with Crippen LogP contribution >= 0.6 is 12.2 Å². The van der Waals surface area contributed by atoms with Gasteiger partial charge >= 0.3 is 0 Å². The van der Waals surface area contributed by atoms with Crippen molar-refractivity contribution in [3.8, 4) is 0 Å². The van der Waals surface area contributed by atoms with Gasteiger partial charge in [-0.05, 0) is 19.1 Å². The maximum absolute atomic E-state index is 12.1. The van der Waals surface area contributed by atoms with E-state index >= 15 is 0 Å². The molecule has 0 aliphatic rings. The van der Waals surface area contributed by atoms with E-state index in [1.165, 1.54) is 32.3 Å². The summed E-state index contributed by atoms with van der Waals surface area (Å²) in [5.74, 6) is -0.454. The number of thiocarbonyl (C=S) groups is 1. The third kappa shape index (κ3) is 3.69. The molecule has 104 valence electrons. The van der Waals surface area contributed by atoms with Gasteiger partial charge in [0.25, 0.3) is 0 Å². The zero-order valence-electron chi connectivity index (χ0n) is 10.4. The summed E-state index contributed by atoms with van der Waals surface area (Å²) in [6, 6.07) is 1.84. The number of hydrogen-bond donors (Lipinski definition) is 3. The zero-order chi connectivity index (χ0) is 14.6. The van der Waals surface area contributed by atoms with Crippen LogP contribution in [0.25, 0.3) is 0 Å². The first-order chi connectivity index (χ1) is 8.79. The fourth-order valence-corrected chi connectivity index (χ4v) is 2.96.